The van der Waals surface area contributed by atoms with Crippen LogP contribution in [0.25, 0.3) is 0 Å². The molecule has 0 amide bonds. The first-order valence-electron chi connectivity index (χ1n) is 4.86. The highest BCUT2D eigenvalue weighted by atomic mass is 16.7. The van der Waals surface area contributed by atoms with E-state index in [1.165, 1.54) is 0 Å². The number of rotatable bonds is 3. The molecule has 0 unspecified atom stereocenters. The molecule has 2 atom stereocenters. The number of para-hydroxylation sites is 1. The van der Waals surface area contributed by atoms with Gasteiger partial charge < -0.3 is 19.3 Å². The zero-order valence-corrected chi connectivity index (χ0v) is 8.55. The van der Waals surface area contributed by atoms with Crippen LogP contribution in [0.4, 0.5) is 0 Å². The van der Waals surface area contributed by atoms with E-state index in [1.54, 1.807) is 7.11 Å². The van der Waals surface area contributed by atoms with Gasteiger partial charge >= 0.3 is 0 Å². The van der Waals surface area contributed by atoms with Crippen LogP contribution >= 0.6 is 0 Å². The topological polar surface area (TPSA) is 47.9 Å². The Labute approximate surface area is 88.4 Å². The Morgan fingerprint density at radius 1 is 1.47 bits per heavy atom. The Balaban J connectivity index is 2.16. The van der Waals surface area contributed by atoms with Crippen LogP contribution in [0.5, 0.6) is 5.75 Å². The van der Waals surface area contributed by atoms with E-state index in [9.17, 15) is 0 Å². The van der Waals surface area contributed by atoms with Crippen molar-refractivity contribution in [3.05, 3.63) is 29.8 Å². The normalized spacial score (nSPS) is 25.5. The number of aliphatic hydroxyl groups is 1. The van der Waals surface area contributed by atoms with Crippen LogP contribution < -0.4 is 4.74 Å². The number of hydrogen-bond donors (Lipinski definition) is 1. The van der Waals surface area contributed by atoms with Gasteiger partial charge in [0.05, 0.1) is 20.3 Å². The SMILES string of the molecule is COc1ccccc1[C@H]1OC[C@H](CO)O1. The molecule has 1 N–H and O–H groups in total. The second kappa shape index (κ2) is 4.61. The Morgan fingerprint density at radius 2 is 2.27 bits per heavy atom. The summed E-state index contributed by atoms with van der Waals surface area (Å²) in [5, 5.41) is 8.92. The van der Waals surface area contributed by atoms with E-state index in [2.05, 4.69) is 0 Å². The third kappa shape index (κ3) is 2.12. The number of hydrogen-bond acceptors (Lipinski definition) is 4. The molecule has 15 heavy (non-hydrogen) atoms. The summed E-state index contributed by atoms with van der Waals surface area (Å²) in [5.74, 6) is 0.737. The molecule has 4 nitrogen and oxygen atoms in total. The van der Waals surface area contributed by atoms with E-state index >= 15 is 0 Å². The lowest BCUT2D eigenvalue weighted by molar-refractivity contribution is -0.0686. The molecule has 4 heteroatoms. The van der Waals surface area contributed by atoms with E-state index in [0.29, 0.717) is 6.61 Å². The van der Waals surface area contributed by atoms with Gasteiger partial charge in [0.1, 0.15) is 11.9 Å². The Morgan fingerprint density at radius 3 is 2.93 bits per heavy atom. The molecule has 1 aromatic carbocycles. The summed E-state index contributed by atoms with van der Waals surface area (Å²) in [6.45, 7) is 0.394. The molecule has 1 saturated heterocycles. The van der Waals surface area contributed by atoms with Gasteiger partial charge in [-0.15, -0.1) is 0 Å². The predicted octanol–water partition coefficient (Wildman–Crippen LogP) is 1.10. The van der Waals surface area contributed by atoms with Crippen LogP contribution in [0, 0.1) is 0 Å². The van der Waals surface area contributed by atoms with Gasteiger partial charge in [0, 0.05) is 5.56 Å². The number of ether oxygens (including phenoxy) is 3. The lowest BCUT2D eigenvalue weighted by Gasteiger charge is -2.13. The molecule has 0 bridgehead atoms. The highest BCUT2D eigenvalue weighted by Gasteiger charge is 2.28. The smallest absolute Gasteiger partial charge is 0.188 e. The number of benzene rings is 1. The van der Waals surface area contributed by atoms with E-state index in [0.717, 1.165) is 11.3 Å². The molecule has 1 aliphatic rings. The largest absolute Gasteiger partial charge is 0.496 e. The fraction of sp³-hybridized carbons (Fsp3) is 0.455. The summed E-state index contributed by atoms with van der Waals surface area (Å²) in [6, 6.07) is 7.54. The molecule has 0 spiro atoms. The quantitative estimate of drug-likeness (QED) is 0.811. The average molecular weight is 210 g/mol. The Kier molecular flexibility index (Phi) is 3.20. The molecule has 0 radical (unpaired) electrons. The molecule has 1 fully saturated rings. The molecule has 2 rings (SSSR count). The Hall–Kier alpha value is -1.10. The van der Waals surface area contributed by atoms with E-state index in [1.807, 2.05) is 24.3 Å². The summed E-state index contributed by atoms with van der Waals surface area (Å²) in [6.07, 6.45) is -0.668. The van der Waals surface area contributed by atoms with Gasteiger partial charge in [-0.25, -0.2) is 0 Å². The van der Waals surface area contributed by atoms with E-state index < -0.39 is 6.29 Å². The summed E-state index contributed by atoms with van der Waals surface area (Å²) in [7, 11) is 1.61. The minimum atomic E-state index is -0.432. The number of methoxy groups -OCH3 is 1. The zero-order valence-electron chi connectivity index (χ0n) is 8.55. The van der Waals surface area contributed by atoms with Gasteiger partial charge in [-0.05, 0) is 6.07 Å². The van der Waals surface area contributed by atoms with Crippen LogP contribution in [-0.2, 0) is 9.47 Å². The first kappa shape index (κ1) is 10.4. The third-order valence-corrected chi connectivity index (χ3v) is 2.35. The molecular weight excluding hydrogens is 196 g/mol. The van der Waals surface area contributed by atoms with Gasteiger partial charge in [0.15, 0.2) is 6.29 Å². The van der Waals surface area contributed by atoms with Gasteiger partial charge in [0.25, 0.3) is 0 Å². The average Bonchev–Trinajstić information content (AvgIpc) is 2.77. The fourth-order valence-corrected chi connectivity index (χ4v) is 1.57. The van der Waals surface area contributed by atoms with Crippen molar-refractivity contribution in [3.63, 3.8) is 0 Å². The lowest BCUT2D eigenvalue weighted by atomic mass is 10.2. The standard InChI is InChI=1S/C11H14O4/c1-13-10-5-3-2-4-9(10)11-14-7-8(6-12)15-11/h2-5,8,11-12H,6-7H2,1H3/t8-,11-/m0/s1. The van der Waals surface area contributed by atoms with Crippen molar-refractivity contribution in [2.24, 2.45) is 0 Å². The van der Waals surface area contributed by atoms with Crippen LogP contribution in [0.15, 0.2) is 24.3 Å². The summed E-state index contributed by atoms with van der Waals surface area (Å²) >= 11 is 0. The van der Waals surface area contributed by atoms with Gasteiger partial charge in [-0.2, -0.15) is 0 Å². The van der Waals surface area contributed by atoms with Crippen molar-refractivity contribution in [2.45, 2.75) is 12.4 Å². The van der Waals surface area contributed by atoms with Gasteiger partial charge in [0.2, 0.25) is 0 Å². The monoisotopic (exact) mass is 210 g/mol. The summed E-state index contributed by atoms with van der Waals surface area (Å²) < 4.78 is 16.1. The molecule has 82 valence electrons. The van der Waals surface area contributed by atoms with Crippen molar-refractivity contribution in [2.75, 3.05) is 20.3 Å². The first-order chi connectivity index (χ1) is 7.35. The maximum Gasteiger partial charge on any atom is 0.188 e. The molecule has 1 aromatic rings. The van der Waals surface area contributed by atoms with Crippen LogP contribution in [0.1, 0.15) is 11.9 Å². The Bertz CT molecular complexity index is 326. The molecule has 0 aliphatic carbocycles. The van der Waals surface area contributed by atoms with Gasteiger partial charge in [-0.3, -0.25) is 0 Å². The second-order valence-corrected chi connectivity index (χ2v) is 3.35. The lowest BCUT2D eigenvalue weighted by Crippen LogP contribution is -2.14. The molecule has 1 heterocycles. The van der Waals surface area contributed by atoms with Crippen LogP contribution in [0.3, 0.4) is 0 Å². The van der Waals surface area contributed by atoms with Crippen molar-refractivity contribution in [3.8, 4) is 5.75 Å². The fourth-order valence-electron chi connectivity index (χ4n) is 1.57. The van der Waals surface area contributed by atoms with Crippen molar-refractivity contribution >= 4 is 0 Å². The van der Waals surface area contributed by atoms with Crippen molar-refractivity contribution in [1.29, 1.82) is 0 Å². The van der Waals surface area contributed by atoms with E-state index in [-0.39, 0.29) is 12.7 Å². The third-order valence-electron chi connectivity index (χ3n) is 2.35. The maximum atomic E-state index is 8.92. The molecule has 0 saturated carbocycles. The first-order valence-corrected chi connectivity index (χ1v) is 4.86. The summed E-state index contributed by atoms with van der Waals surface area (Å²) in [4.78, 5) is 0. The molecule has 0 aromatic heterocycles. The van der Waals surface area contributed by atoms with Crippen molar-refractivity contribution < 1.29 is 19.3 Å². The van der Waals surface area contributed by atoms with Crippen LogP contribution in [0.2, 0.25) is 0 Å². The van der Waals surface area contributed by atoms with Crippen molar-refractivity contribution in [1.82, 2.24) is 0 Å². The second-order valence-electron chi connectivity index (χ2n) is 3.35. The minimum Gasteiger partial charge on any atom is -0.496 e. The predicted molar refractivity (Wildman–Crippen MR) is 53.6 cm³/mol. The molecule has 1 aliphatic heterocycles. The molecular formula is C11H14O4. The zero-order chi connectivity index (χ0) is 10.7. The maximum absolute atomic E-state index is 8.92. The summed E-state index contributed by atoms with van der Waals surface area (Å²) in [5.41, 5.74) is 0.857. The highest BCUT2D eigenvalue weighted by Crippen LogP contribution is 2.32. The minimum absolute atomic E-state index is 0.0222. The van der Waals surface area contributed by atoms with E-state index in [4.69, 9.17) is 19.3 Å². The number of aliphatic hydroxyl groups excluding tert-OH is 1. The van der Waals surface area contributed by atoms with Gasteiger partial charge in [-0.1, -0.05) is 18.2 Å². The highest BCUT2D eigenvalue weighted by molar-refractivity contribution is 5.34. The van der Waals surface area contributed by atoms with Crippen LogP contribution in [-0.4, -0.2) is 31.5 Å².